The Labute approximate surface area is 257 Å². The number of fused-ring (bicyclic) bond motifs is 3. The van der Waals surface area contributed by atoms with Gasteiger partial charge in [0.1, 0.15) is 18.2 Å². The topological polar surface area (TPSA) is 84.9 Å². The monoisotopic (exact) mass is 588 g/mol. The van der Waals surface area contributed by atoms with Crippen LogP contribution < -0.4 is 5.32 Å². The van der Waals surface area contributed by atoms with Crippen LogP contribution in [-0.2, 0) is 14.3 Å². The smallest absolute Gasteiger partial charge is 0.410 e. The van der Waals surface area contributed by atoms with Gasteiger partial charge in [-0.25, -0.2) is 9.59 Å². The first-order valence-corrected chi connectivity index (χ1v) is 15.0. The van der Waals surface area contributed by atoms with Gasteiger partial charge in [-0.2, -0.15) is 0 Å². The van der Waals surface area contributed by atoms with Crippen molar-refractivity contribution in [3.05, 3.63) is 114 Å². The third-order valence-electron chi connectivity index (χ3n) is 8.13. The largest absolute Gasteiger partial charge is 0.456 e. The lowest BCUT2D eigenvalue weighted by Crippen LogP contribution is -2.43. The van der Waals surface area contributed by atoms with Crippen molar-refractivity contribution in [3.63, 3.8) is 0 Å². The summed E-state index contributed by atoms with van der Waals surface area (Å²) in [5.74, 6) is -0.625. The zero-order valence-electron chi connectivity index (χ0n) is 25.2. The van der Waals surface area contributed by atoms with Gasteiger partial charge < -0.3 is 14.8 Å². The SMILES string of the molecule is CC(C)(C)OC(=O)c1ccc(-c2ccc(NC(=O)[C@H]3CCCN3C(=O)OCC3c4ccccc4-c4ccccc43)cc2)cc1. The number of hydrogen-bond donors (Lipinski definition) is 1. The van der Waals surface area contributed by atoms with Crippen LogP contribution in [0.2, 0.25) is 0 Å². The maximum atomic E-state index is 13.3. The third kappa shape index (κ3) is 6.09. The molecule has 0 spiro atoms. The quantitative estimate of drug-likeness (QED) is 0.234. The molecule has 4 aromatic carbocycles. The van der Waals surface area contributed by atoms with Crippen molar-refractivity contribution in [3.8, 4) is 22.3 Å². The highest BCUT2D eigenvalue weighted by molar-refractivity contribution is 5.97. The number of esters is 1. The molecule has 1 fully saturated rings. The maximum Gasteiger partial charge on any atom is 0.410 e. The van der Waals surface area contributed by atoms with Gasteiger partial charge in [0.2, 0.25) is 5.91 Å². The Morgan fingerprint density at radius 3 is 1.95 bits per heavy atom. The van der Waals surface area contributed by atoms with Crippen molar-refractivity contribution in [2.45, 2.75) is 51.2 Å². The minimum Gasteiger partial charge on any atom is -0.456 e. The first-order valence-electron chi connectivity index (χ1n) is 15.0. The zero-order chi connectivity index (χ0) is 30.8. The van der Waals surface area contributed by atoms with E-state index in [1.807, 2.05) is 81.4 Å². The van der Waals surface area contributed by atoms with E-state index in [0.29, 0.717) is 24.2 Å². The van der Waals surface area contributed by atoms with Gasteiger partial charge in [-0.1, -0.05) is 72.8 Å². The average molecular weight is 589 g/mol. The number of nitrogens with zero attached hydrogens (tertiary/aromatic N) is 1. The summed E-state index contributed by atoms with van der Waals surface area (Å²) in [5.41, 5.74) is 7.11. The van der Waals surface area contributed by atoms with Crippen molar-refractivity contribution in [2.75, 3.05) is 18.5 Å². The summed E-state index contributed by atoms with van der Waals surface area (Å²) in [6.45, 7) is 6.22. The Morgan fingerprint density at radius 2 is 1.36 bits per heavy atom. The van der Waals surface area contributed by atoms with Crippen LogP contribution in [0, 0.1) is 0 Å². The maximum absolute atomic E-state index is 13.3. The highest BCUT2D eigenvalue weighted by Crippen LogP contribution is 2.44. The normalized spacial score (nSPS) is 15.8. The molecule has 1 N–H and O–H groups in total. The number of nitrogens with one attached hydrogen (secondary N) is 1. The molecule has 1 aliphatic heterocycles. The lowest BCUT2D eigenvalue weighted by atomic mass is 9.98. The number of likely N-dealkylation sites (tertiary alicyclic amines) is 1. The number of amides is 2. The van der Waals surface area contributed by atoms with Crippen molar-refractivity contribution < 1.29 is 23.9 Å². The fourth-order valence-electron chi connectivity index (χ4n) is 6.04. The van der Waals surface area contributed by atoms with Gasteiger partial charge in [-0.05, 0) is 91.3 Å². The van der Waals surface area contributed by atoms with E-state index in [1.54, 1.807) is 17.0 Å². The molecular weight excluding hydrogens is 552 g/mol. The van der Waals surface area contributed by atoms with Gasteiger partial charge in [0.05, 0.1) is 5.56 Å². The predicted molar refractivity (Wildman–Crippen MR) is 170 cm³/mol. The lowest BCUT2D eigenvalue weighted by molar-refractivity contribution is -0.120. The number of carbonyl (C=O) groups is 3. The van der Waals surface area contributed by atoms with Crippen molar-refractivity contribution in [1.29, 1.82) is 0 Å². The van der Waals surface area contributed by atoms with E-state index < -0.39 is 17.7 Å². The molecule has 2 aliphatic rings. The summed E-state index contributed by atoms with van der Waals surface area (Å²) < 4.78 is 11.3. The van der Waals surface area contributed by atoms with Gasteiger partial charge >= 0.3 is 12.1 Å². The van der Waals surface area contributed by atoms with E-state index >= 15 is 0 Å². The second-order valence-electron chi connectivity index (χ2n) is 12.3. The van der Waals surface area contributed by atoms with Crippen molar-refractivity contribution in [2.24, 2.45) is 0 Å². The first kappa shape index (κ1) is 29.2. The molecule has 0 aromatic heterocycles. The molecule has 44 heavy (non-hydrogen) atoms. The zero-order valence-corrected chi connectivity index (χ0v) is 25.2. The molecule has 0 unspecified atom stereocenters. The van der Waals surface area contributed by atoms with E-state index in [4.69, 9.17) is 9.47 Å². The molecule has 0 radical (unpaired) electrons. The van der Waals surface area contributed by atoms with E-state index in [1.165, 1.54) is 11.1 Å². The van der Waals surface area contributed by atoms with Crippen LogP contribution in [-0.4, -0.2) is 47.7 Å². The summed E-state index contributed by atoms with van der Waals surface area (Å²) in [7, 11) is 0. The highest BCUT2D eigenvalue weighted by atomic mass is 16.6. The molecule has 7 nitrogen and oxygen atoms in total. The second kappa shape index (κ2) is 12.0. The number of hydrogen-bond acceptors (Lipinski definition) is 5. The van der Waals surface area contributed by atoms with E-state index in [2.05, 4.69) is 29.6 Å². The van der Waals surface area contributed by atoms with E-state index in [9.17, 15) is 14.4 Å². The molecule has 0 saturated carbocycles. The van der Waals surface area contributed by atoms with Gasteiger partial charge in [0.15, 0.2) is 0 Å². The number of carbonyl (C=O) groups excluding carboxylic acids is 3. The number of benzene rings is 4. The molecule has 6 rings (SSSR count). The Hall–Kier alpha value is -4.91. The Balaban J connectivity index is 1.06. The number of ether oxygens (including phenoxy) is 2. The van der Waals surface area contributed by atoms with Gasteiger partial charge in [-0.3, -0.25) is 9.69 Å². The number of rotatable bonds is 6. The Kier molecular flexibility index (Phi) is 7.95. The Bertz CT molecular complexity index is 1640. The standard InChI is InChI=1S/C37H36N2O5/c1-37(2,3)44-35(41)26-16-14-24(15-17-26)25-18-20-27(21-19-25)38-34(40)33-13-8-22-39(33)36(42)43-23-32-30-11-6-4-9-28(30)29-10-5-7-12-31(29)32/h4-7,9-12,14-21,32-33H,8,13,22-23H2,1-3H3,(H,38,40)/t33-/m1/s1. The summed E-state index contributed by atoms with van der Waals surface area (Å²) in [6, 6.07) is 30.6. The van der Waals surface area contributed by atoms with Crippen LogP contribution in [0.25, 0.3) is 22.3 Å². The first-order chi connectivity index (χ1) is 21.2. The fourth-order valence-corrected chi connectivity index (χ4v) is 6.04. The van der Waals surface area contributed by atoms with Crippen LogP contribution in [0.15, 0.2) is 97.1 Å². The molecule has 7 heteroatoms. The molecule has 1 heterocycles. The summed E-state index contributed by atoms with van der Waals surface area (Å²) in [5, 5.41) is 2.97. The molecule has 2 amide bonds. The molecule has 1 atom stereocenters. The molecule has 1 saturated heterocycles. The van der Waals surface area contributed by atoms with Crippen LogP contribution in [0.4, 0.5) is 10.5 Å². The minimum atomic E-state index is -0.592. The summed E-state index contributed by atoms with van der Waals surface area (Å²) >= 11 is 0. The average Bonchev–Trinajstić information content (AvgIpc) is 3.63. The minimum absolute atomic E-state index is 0.0340. The van der Waals surface area contributed by atoms with Gasteiger partial charge in [0.25, 0.3) is 0 Å². The Morgan fingerprint density at radius 1 is 0.795 bits per heavy atom. The van der Waals surface area contributed by atoms with E-state index in [0.717, 1.165) is 28.7 Å². The highest BCUT2D eigenvalue weighted by Gasteiger charge is 2.36. The number of anilines is 1. The summed E-state index contributed by atoms with van der Waals surface area (Å²) in [6.07, 6.45) is 0.855. The van der Waals surface area contributed by atoms with Crippen LogP contribution in [0.3, 0.4) is 0 Å². The third-order valence-corrected chi connectivity index (χ3v) is 8.13. The second-order valence-corrected chi connectivity index (χ2v) is 12.3. The molecule has 0 bridgehead atoms. The van der Waals surface area contributed by atoms with Crippen LogP contribution in [0.1, 0.15) is 61.0 Å². The lowest BCUT2D eigenvalue weighted by Gasteiger charge is -2.24. The van der Waals surface area contributed by atoms with Gasteiger partial charge in [0, 0.05) is 18.2 Å². The van der Waals surface area contributed by atoms with Crippen molar-refractivity contribution >= 4 is 23.7 Å². The van der Waals surface area contributed by atoms with Crippen molar-refractivity contribution in [1.82, 2.24) is 4.90 Å². The molecular formula is C37H36N2O5. The summed E-state index contributed by atoms with van der Waals surface area (Å²) in [4.78, 5) is 40.4. The fraction of sp³-hybridized carbons (Fsp3) is 0.270. The van der Waals surface area contributed by atoms with Crippen LogP contribution in [0.5, 0.6) is 0 Å². The van der Waals surface area contributed by atoms with E-state index in [-0.39, 0.29) is 24.4 Å². The van der Waals surface area contributed by atoms with Crippen LogP contribution >= 0.6 is 0 Å². The van der Waals surface area contributed by atoms with Gasteiger partial charge in [-0.15, -0.1) is 0 Å². The molecule has 4 aromatic rings. The predicted octanol–water partition coefficient (Wildman–Crippen LogP) is 7.66. The molecule has 224 valence electrons. The molecule has 1 aliphatic carbocycles.